The van der Waals surface area contributed by atoms with Crippen LogP contribution >= 0.6 is 0 Å². The van der Waals surface area contributed by atoms with Crippen molar-refractivity contribution >= 4 is 0 Å². The minimum absolute atomic E-state index is 0.119. The Morgan fingerprint density at radius 3 is 2.65 bits per heavy atom. The number of ether oxygens (including phenoxy) is 2. The summed E-state index contributed by atoms with van der Waals surface area (Å²) in [6.07, 6.45) is 0.965. The molecule has 0 aromatic heterocycles. The van der Waals surface area contributed by atoms with Gasteiger partial charge < -0.3 is 9.47 Å². The molecule has 0 aliphatic carbocycles. The minimum Gasteiger partial charge on any atom is -0.496 e. The molecule has 0 N–H and O–H groups in total. The number of morpholine rings is 1. The van der Waals surface area contributed by atoms with Crippen molar-refractivity contribution in [3.63, 3.8) is 0 Å². The van der Waals surface area contributed by atoms with Gasteiger partial charge in [-0.05, 0) is 36.6 Å². The maximum atomic E-state index is 13.5. The van der Waals surface area contributed by atoms with Gasteiger partial charge in [0.15, 0.2) is 0 Å². The lowest BCUT2D eigenvalue weighted by molar-refractivity contribution is 0.0350. The van der Waals surface area contributed by atoms with Crippen molar-refractivity contribution < 1.29 is 13.9 Å². The van der Waals surface area contributed by atoms with Gasteiger partial charge in [-0.15, -0.1) is 0 Å². The molecule has 0 saturated carbocycles. The molecule has 0 spiro atoms. The van der Waals surface area contributed by atoms with Crippen molar-refractivity contribution in [2.45, 2.75) is 25.7 Å². The number of halogens is 1. The smallest absolute Gasteiger partial charge is 0.123 e. The normalized spacial score (nSPS) is 17.2. The number of hydrogen-bond donors (Lipinski definition) is 0. The van der Waals surface area contributed by atoms with E-state index in [9.17, 15) is 4.39 Å². The second-order valence-corrected chi connectivity index (χ2v) is 5.93. The highest BCUT2D eigenvalue weighted by atomic mass is 19.1. The summed E-state index contributed by atoms with van der Waals surface area (Å²) in [6, 6.07) is 4.75. The molecule has 112 valence electrons. The van der Waals surface area contributed by atoms with Crippen molar-refractivity contribution in [2.75, 3.05) is 40.0 Å². The molecule has 0 amide bonds. The molecule has 4 heteroatoms. The summed E-state index contributed by atoms with van der Waals surface area (Å²) in [5.74, 6) is 0.554. The van der Waals surface area contributed by atoms with Crippen LogP contribution in [0.5, 0.6) is 5.75 Å². The Bertz CT molecular complexity index is 442. The van der Waals surface area contributed by atoms with E-state index in [2.05, 4.69) is 18.7 Å². The minimum atomic E-state index is -0.208. The van der Waals surface area contributed by atoms with Crippen LogP contribution in [-0.4, -0.2) is 44.9 Å². The van der Waals surface area contributed by atoms with Crippen LogP contribution in [0.25, 0.3) is 0 Å². The van der Waals surface area contributed by atoms with Gasteiger partial charge in [0.25, 0.3) is 0 Å². The molecule has 2 rings (SSSR count). The molecule has 1 fully saturated rings. The monoisotopic (exact) mass is 281 g/mol. The topological polar surface area (TPSA) is 21.7 Å². The van der Waals surface area contributed by atoms with Crippen LogP contribution in [0.3, 0.4) is 0 Å². The van der Waals surface area contributed by atoms with Gasteiger partial charge in [-0.3, -0.25) is 4.90 Å². The maximum Gasteiger partial charge on any atom is 0.123 e. The summed E-state index contributed by atoms with van der Waals surface area (Å²) in [7, 11) is 1.63. The standard InChI is InChI=1S/C16H24FNO2/c1-16(2,6-7-18-8-10-20-11-9-18)14-12-13(17)4-5-15(14)19-3/h4-5,12H,6-11H2,1-3H3. The van der Waals surface area contributed by atoms with Crippen molar-refractivity contribution in [1.82, 2.24) is 4.90 Å². The first-order valence-electron chi connectivity index (χ1n) is 7.17. The second kappa shape index (κ2) is 6.55. The van der Waals surface area contributed by atoms with E-state index in [-0.39, 0.29) is 11.2 Å². The molecule has 1 heterocycles. The number of rotatable bonds is 5. The van der Waals surface area contributed by atoms with E-state index in [1.165, 1.54) is 6.07 Å². The Labute approximate surface area is 120 Å². The summed E-state index contributed by atoms with van der Waals surface area (Å²) in [5, 5.41) is 0. The van der Waals surface area contributed by atoms with Gasteiger partial charge in [0.1, 0.15) is 11.6 Å². The highest BCUT2D eigenvalue weighted by Gasteiger charge is 2.26. The van der Waals surface area contributed by atoms with E-state index in [0.29, 0.717) is 0 Å². The van der Waals surface area contributed by atoms with Crippen LogP contribution in [0.2, 0.25) is 0 Å². The molecule has 1 aromatic rings. The van der Waals surface area contributed by atoms with Crippen molar-refractivity contribution in [3.05, 3.63) is 29.6 Å². The zero-order valence-electron chi connectivity index (χ0n) is 12.6. The first-order valence-corrected chi connectivity index (χ1v) is 7.17. The summed E-state index contributed by atoms with van der Waals surface area (Å²) < 4.78 is 24.3. The first kappa shape index (κ1) is 15.3. The van der Waals surface area contributed by atoms with Gasteiger partial charge in [-0.1, -0.05) is 13.8 Å². The highest BCUT2D eigenvalue weighted by molar-refractivity contribution is 5.39. The van der Waals surface area contributed by atoms with Crippen molar-refractivity contribution in [1.29, 1.82) is 0 Å². The number of nitrogens with zero attached hydrogens (tertiary/aromatic N) is 1. The van der Waals surface area contributed by atoms with Gasteiger partial charge in [0, 0.05) is 18.7 Å². The molecule has 0 bridgehead atoms. The summed E-state index contributed by atoms with van der Waals surface area (Å²) >= 11 is 0. The lowest BCUT2D eigenvalue weighted by atomic mass is 9.80. The van der Waals surface area contributed by atoms with E-state index in [0.717, 1.165) is 50.6 Å². The molecule has 0 unspecified atom stereocenters. The molecule has 1 aromatic carbocycles. The van der Waals surface area contributed by atoms with Gasteiger partial charge in [0.2, 0.25) is 0 Å². The molecule has 0 atom stereocenters. The molecule has 1 aliphatic heterocycles. The zero-order valence-corrected chi connectivity index (χ0v) is 12.6. The number of hydrogen-bond acceptors (Lipinski definition) is 3. The molecule has 3 nitrogen and oxygen atoms in total. The van der Waals surface area contributed by atoms with E-state index in [1.54, 1.807) is 19.2 Å². The highest BCUT2D eigenvalue weighted by Crippen LogP contribution is 2.35. The molecular formula is C16H24FNO2. The van der Waals surface area contributed by atoms with Crippen LogP contribution in [-0.2, 0) is 10.2 Å². The average molecular weight is 281 g/mol. The van der Waals surface area contributed by atoms with Crippen LogP contribution < -0.4 is 4.74 Å². The van der Waals surface area contributed by atoms with Gasteiger partial charge in [0.05, 0.1) is 20.3 Å². The van der Waals surface area contributed by atoms with Gasteiger partial charge in [-0.25, -0.2) is 4.39 Å². The third kappa shape index (κ3) is 3.70. The Morgan fingerprint density at radius 1 is 1.30 bits per heavy atom. The van der Waals surface area contributed by atoms with E-state index >= 15 is 0 Å². The third-order valence-corrected chi connectivity index (χ3v) is 4.05. The molecule has 0 radical (unpaired) electrons. The largest absolute Gasteiger partial charge is 0.496 e. The molecule has 20 heavy (non-hydrogen) atoms. The Balaban J connectivity index is 2.06. The van der Waals surface area contributed by atoms with E-state index in [1.807, 2.05) is 0 Å². The van der Waals surface area contributed by atoms with E-state index in [4.69, 9.17) is 9.47 Å². The van der Waals surface area contributed by atoms with Crippen LogP contribution in [0.4, 0.5) is 4.39 Å². The van der Waals surface area contributed by atoms with Crippen LogP contribution in [0, 0.1) is 5.82 Å². The Kier molecular flexibility index (Phi) is 5.00. The predicted molar refractivity (Wildman–Crippen MR) is 77.9 cm³/mol. The molecule has 1 aliphatic rings. The van der Waals surface area contributed by atoms with Crippen molar-refractivity contribution in [3.8, 4) is 5.75 Å². The lowest BCUT2D eigenvalue weighted by Crippen LogP contribution is -2.38. The zero-order chi connectivity index (χ0) is 14.6. The van der Waals surface area contributed by atoms with Crippen molar-refractivity contribution in [2.24, 2.45) is 0 Å². The maximum absolute atomic E-state index is 13.5. The van der Waals surface area contributed by atoms with Crippen LogP contribution in [0.1, 0.15) is 25.8 Å². The first-order chi connectivity index (χ1) is 9.53. The summed E-state index contributed by atoms with van der Waals surface area (Å²) in [5.41, 5.74) is 0.819. The van der Waals surface area contributed by atoms with E-state index < -0.39 is 0 Å². The average Bonchev–Trinajstić information content (AvgIpc) is 2.46. The fraction of sp³-hybridized carbons (Fsp3) is 0.625. The molecule has 1 saturated heterocycles. The molecular weight excluding hydrogens is 257 g/mol. The Hall–Kier alpha value is -1.13. The number of benzene rings is 1. The van der Waals surface area contributed by atoms with Gasteiger partial charge >= 0.3 is 0 Å². The predicted octanol–water partition coefficient (Wildman–Crippen LogP) is 2.83. The summed E-state index contributed by atoms with van der Waals surface area (Å²) in [6.45, 7) is 8.87. The second-order valence-electron chi connectivity index (χ2n) is 5.93. The fourth-order valence-electron chi connectivity index (χ4n) is 2.61. The lowest BCUT2D eigenvalue weighted by Gasteiger charge is -2.32. The Morgan fingerprint density at radius 2 is 2.00 bits per heavy atom. The number of methoxy groups -OCH3 is 1. The van der Waals surface area contributed by atoms with Crippen LogP contribution in [0.15, 0.2) is 18.2 Å². The fourth-order valence-corrected chi connectivity index (χ4v) is 2.61. The van der Waals surface area contributed by atoms with Gasteiger partial charge in [-0.2, -0.15) is 0 Å². The third-order valence-electron chi connectivity index (χ3n) is 4.05. The summed E-state index contributed by atoms with van der Waals surface area (Å²) in [4.78, 5) is 2.40. The quantitative estimate of drug-likeness (QED) is 0.828. The SMILES string of the molecule is COc1ccc(F)cc1C(C)(C)CCN1CCOCC1.